The highest BCUT2D eigenvalue weighted by Gasteiger charge is 2.43. The van der Waals surface area contributed by atoms with Gasteiger partial charge in [-0.3, -0.25) is 4.79 Å². The predicted octanol–water partition coefficient (Wildman–Crippen LogP) is 4.59. The second kappa shape index (κ2) is 7.30. The topological polar surface area (TPSA) is 51.1 Å². The third-order valence-corrected chi connectivity index (χ3v) is 5.48. The number of Topliss-reactive ketones (excluding diaryl/α,β-unsaturated/α-hetero) is 1. The molecule has 3 aromatic carbocycles. The molecule has 2 aliphatic heterocycles. The molecule has 150 valence electrons. The van der Waals surface area contributed by atoms with Crippen LogP contribution in [0.2, 0.25) is 0 Å². The smallest absolute Gasteiger partial charge is 0.251 e. The van der Waals surface area contributed by atoms with Crippen LogP contribution in [0.5, 0.6) is 11.5 Å². The third-order valence-electron chi connectivity index (χ3n) is 5.48. The molecule has 0 bridgehead atoms. The molecule has 0 fully saturated rings. The normalized spacial score (nSPS) is 19.4. The number of hydrazone groups is 1. The van der Waals surface area contributed by atoms with Crippen molar-refractivity contribution in [3.63, 3.8) is 0 Å². The molecule has 5 rings (SSSR count). The van der Waals surface area contributed by atoms with Crippen molar-refractivity contribution in [2.75, 3.05) is 7.11 Å². The van der Waals surface area contributed by atoms with Crippen molar-refractivity contribution in [3.05, 3.63) is 95.3 Å². The number of ketones is 1. The second-order valence-electron chi connectivity index (χ2n) is 7.25. The van der Waals surface area contributed by atoms with E-state index in [4.69, 9.17) is 14.6 Å². The van der Waals surface area contributed by atoms with Gasteiger partial charge in [0.1, 0.15) is 17.3 Å². The Hall–Kier alpha value is -3.67. The number of ether oxygens (including phenoxy) is 2. The van der Waals surface area contributed by atoms with Crippen molar-refractivity contribution >= 4 is 11.5 Å². The van der Waals surface area contributed by atoms with E-state index in [-0.39, 0.29) is 17.6 Å². The first-order valence-corrected chi connectivity index (χ1v) is 9.69. The van der Waals surface area contributed by atoms with Crippen LogP contribution < -0.4 is 9.47 Å². The number of rotatable bonds is 4. The summed E-state index contributed by atoms with van der Waals surface area (Å²) in [5.74, 6) is 0.885. The molecule has 0 amide bonds. The number of hydrogen-bond acceptors (Lipinski definition) is 5. The maximum Gasteiger partial charge on any atom is 0.251 e. The molecule has 2 heterocycles. The average molecular weight is 402 g/mol. The van der Waals surface area contributed by atoms with E-state index in [2.05, 4.69) is 0 Å². The van der Waals surface area contributed by atoms with Gasteiger partial charge in [-0.2, -0.15) is 5.10 Å². The number of para-hydroxylation sites is 1. The molecule has 0 unspecified atom stereocenters. The Kier molecular flexibility index (Phi) is 4.47. The number of hydrogen-bond donors (Lipinski definition) is 0. The lowest BCUT2D eigenvalue weighted by Gasteiger charge is -2.37. The van der Waals surface area contributed by atoms with Gasteiger partial charge < -0.3 is 9.47 Å². The zero-order chi connectivity index (χ0) is 20.7. The maximum absolute atomic E-state index is 13.4. The first-order valence-electron chi connectivity index (χ1n) is 9.69. The molecule has 0 aliphatic carbocycles. The molecule has 6 heteroatoms. The fourth-order valence-electron chi connectivity index (χ4n) is 3.92. The van der Waals surface area contributed by atoms with Crippen molar-refractivity contribution in [1.82, 2.24) is 5.01 Å². The van der Waals surface area contributed by atoms with E-state index in [1.165, 1.54) is 12.1 Å². The van der Waals surface area contributed by atoms with Crippen LogP contribution in [0.15, 0.2) is 77.9 Å². The lowest BCUT2D eigenvalue weighted by atomic mass is 9.96. The van der Waals surface area contributed by atoms with Crippen LogP contribution in [0.25, 0.3) is 0 Å². The minimum Gasteiger partial charge on any atom is -0.497 e. The van der Waals surface area contributed by atoms with Gasteiger partial charge in [-0.05, 0) is 48.0 Å². The van der Waals surface area contributed by atoms with Crippen molar-refractivity contribution in [1.29, 1.82) is 0 Å². The number of nitrogens with zero attached hydrogens (tertiary/aromatic N) is 2. The van der Waals surface area contributed by atoms with Crippen LogP contribution in [0, 0.1) is 5.82 Å². The Balaban J connectivity index is 1.53. The molecule has 30 heavy (non-hydrogen) atoms. The highest BCUT2D eigenvalue weighted by Crippen LogP contribution is 2.43. The summed E-state index contributed by atoms with van der Waals surface area (Å²) in [7, 11) is 1.58. The van der Waals surface area contributed by atoms with Gasteiger partial charge in [0, 0.05) is 17.5 Å². The largest absolute Gasteiger partial charge is 0.497 e. The van der Waals surface area contributed by atoms with Crippen molar-refractivity contribution < 1.29 is 18.7 Å². The first-order chi connectivity index (χ1) is 14.6. The predicted molar refractivity (Wildman–Crippen MR) is 110 cm³/mol. The monoisotopic (exact) mass is 402 g/mol. The van der Waals surface area contributed by atoms with E-state index in [1.54, 1.807) is 48.5 Å². The molecule has 5 nitrogen and oxygen atoms in total. The van der Waals surface area contributed by atoms with Gasteiger partial charge in [0.2, 0.25) is 5.78 Å². The SMILES string of the molecule is COc1ccc(C(=O)[C@H]2Oc3ccccc3[C@@H]3CC(c4ccc(F)cc4)=NN23)cc1. The summed E-state index contributed by atoms with van der Waals surface area (Å²) in [4.78, 5) is 13.3. The number of fused-ring (bicyclic) bond motifs is 3. The summed E-state index contributed by atoms with van der Waals surface area (Å²) in [6, 6.07) is 20.8. The van der Waals surface area contributed by atoms with Crippen LogP contribution in [0.1, 0.15) is 33.9 Å². The molecule has 0 saturated heterocycles. The lowest BCUT2D eigenvalue weighted by molar-refractivity contribution is -0.00455. The molecule has 0 aromatic heterocycles. The second-order valence-corrected chi connectivity index (χ2v) is 7.25. The van der Waals surface area contributed by atoms with E-state index >= 15 is 0 Å². The fourth-order valence-corrected chi connectivity index (χ4v) is 3.92. The van der Waals surface area contributed by atoms with Crippen LogP contribution >= 0.6 is 0 Å². The number of halogens is 1. The Morgan fingerprint density at radius 2 is 1.80 bits per heavy atom. The maximum atomic E-state index is 13.4. The van der Waals surface area contributed by atoms with Gasteiger partial charge in [-0.1, -0.05) is 30.3 Å². The lowest BCUT2D eigenvalue weighted by Crippen LogP contribution is -2.45. The minimum absolute atomic E-state index is 0.123. The van der Waals surface area contributed by atoms with Crippen LogP contribution in [0.4, 0.5) is 4.39 Å². The number of carbonyl (C=O) groups excluding carboxylic acids is 1. The molecule has 0 spiro atoms. The summed E-state index contributed by atoms with van der Waals surface area (Å²) in [5.41, 5.74) is 3.13. The quantitative estimate of drug-likeness (QED) is 0.599. The molecule has 2 atom stereocenters. The van der Waals surface area contributed by atoms with E-state index in [9.17, 15) is 9.18 Å². The van der Waals surface area contributed by atoms with Crippen molar-refractivity contribution in [2.45, 2.75) is 18.7 Å². The molecule has 2 aliphatic rings. The highest BCUT2D eigenvalue weighted by atomic mass is 19.1. The molecule has 3 aromatic rings. The van der Waals surface area contributed by atoms with Gasteiger partial charge in [0.15, 0.2) is 0 Å². The van der Waals surface area contributed by atoms with Gasteiger partial charge in [0.25, 0.3) is 6.23 Å². The van der Waals surface area contributed by atoms with Gasteiger partial charge in [-0.15, -0.1) is 0 Å². The molecule has 0 radical (unpaired) electrons. The van der Waals surface area contributed by atoms with Crippen molar-refractivity contribution in [2.24, 2.45) is 5.10 Å². The molecular weight excluding hydrogens is 383 g/mol. The highest BCUT2D eigenvalue weighted by molar-refractivity contribution is 6.03. The number of benzene rings is 3. The summed E-state index contributed by atoms with van der Waals surface area (Å²) < 4.78 is 24.6. The van der Waals surface area contributed by atoms with Crippen LogP contribution in [-0.2, 0) is 0 Å². The fraction of sp³-hybridized carbons (Fsp3) is 0.167. The van der Waals surface area contributed by atoms with Crippen LogP contribution in [-0.4, -0.2) is 29.8 Å². The summed E-state index contributed by atoms with van der Waals surface area (Å²) >= 11 is 0. The summed E-state index contributed by atoms with van der Waals surface area (Å²) in [6.45, 7) is 0. The van der Waals surface area contributed by atoms with Crippen molar-refractivity contribution in [3.8, 4) is 11.5 Å². The zero-order valence-corrected chi connectivity index (χ0v) is 16.3. The molecular formula is C24H19FN2O3. The van der Waals surface area contributed by atoms with E-state index in [1.807, 2.05) is 24.3 Å². The van der Waals surface area contributed by atoms with E-state index in [0.717, 1.165) is 16.8 Å². The van der Waals surface area contributed by atoms with Gasteiger partial charge in [0.05, 0.1) is 18.9 Å². The Bertz CT molecular complexity index is 1130. The number of methoxy groups -OCH3 is 1. The first kappa shape index (κ1) is 18.4. The average Bonchev–Trinajstić information content (AvgIpc) is 3.24. The van der Waals surface area contributed by atoms with E-state index < -0.39 is 6.23 Å². The van der Waals surface area contributed by atoms with Gasteiger partial charge >= 0.3 is 0 Å². The van der Waals surface area contributed by atoms with Gasteiger partial charge in [-0.25, -0.2) is 9.40 Å². The zero-order valence-electron chi connectivity index (χ0n) is 16.3. The third kappa shape index (κ3) is 3.10. The molecule has 0 saturated carbocycles. The number of carbonyl (C=O) groups is 1. The Morgan fingerprint density at radius 3 is 2.53 bits per heavy atom. The van der Waals surface area contributed by atoms with E-state index in [0.29, 0.717) is 23.5 Å². The Labute approximate surface area is 173 Å². The molecule has 0 N–H and O–H groups in total. The standard InChI is InChI=1S/C24H19FN2O3/c1-29-18-12-8-16(9-13-18)23(28)24-27-21(19-4-2-3-5-22(19)30-24)14-20(26-27)15-6-10-17(25)11-7-15/h2-13,21,24H,14H2,1H3/t21-,24+/m0/s1. The summed E-state index contributed by atoms with van der Waals surface area (Å²) in [6.07, 6.45) is -0.269. The Morgan fingerprint density at radius 1 is 1.07 bits per heavy atom. The summed E-state index contributed by atoms with van der Waals surface area (Å²) in [5, 5.41) is 6.46. The van der Waals surface area contributed by atoms with Crippen LogP contribution in [0.3, 0.4) is 0 Å². The minimum atomic E-state index is -0.878.